The van der Waals surface area contributed by atoms with Crippen LogP contribution in [0, 0.1) is 13.8 Å². The number of aliphatic hydroxyl groups is 1. The van der Waals surface area contributed by atoms with Crippen LogP contribution in [0.5, 0.6) is 0 Å². The highest BCUT2D eigenvalue weighted by Gasteiger charge is 2.10. The van der Waals surface area contributed by atoms with Crippen LogP contribution in [-0.4, -0.2) is 11.7 Å². The van der Waals surface area contributed by atoms with Gasteiger partial charge in [-0.25, -0.2) is 0 Å². The Balaban J connectivity index is 1.89. The number of hydrogen-bond donors (Lipinski definition) is 2. The van der Waals surface area contributed by atoms with Crippen LogP contribution in [0.2, 0.25) is 0 Å². The van der Waals surface area contributed by atoms with Crippen LogP contribution in [0.4, 0.5) is 0 Å². The van der Waals surface area contributed by atoms with Crippen molar-refractivity contribution in [3.05, 3.63) is 59.0 Å². The predicted molar refractivity (Wildman–Crippen MR) is 71.3 cm³/mol. The van der Waals surface area contributed by atoms with Crippen LogP contribution >= 0.6 is 0 Å². The first kappa shape index (κ1) is 12.9. The molecule has 0 spiro atoms. The Morgan fingerprint density at radius 3 is 2.78 bits per heavy atom. The molecule has 18 heavy (non-hydrogen) atoms. The molecule has 1 aromatic carbocycles. The van der Waals surface area contributed by atoms with E-state index in [0.29, 0.717) is 13.1 Å². The topological polar surface area (TPSA) is 45.4 Å². The van der Waals surface area contributed by atoms with Crippen molar-refractivity contribution in [3.63, 3.8) is 0 Å². The highest BCUT2D eigenvalue weighted by molar-refractivity contribution is 5.32. The molecule has 0 radical (unpaired) electrons. The van der Waals surface area contributed by atoms with Gasteiger partial charge in [-0.1, -0.05) is 23.8 Å². The normalized spacial score (nSPS) is 12.6. The number of furan rings is 1. The lowest BCUT2D eigenvalue weighted by atomic mass is 10.0. The van der Waals surface area contributed by atoms with Gasteiger partial charge in [0.2, 0.25) is 0 Å². The number of benzene rings is 1. The Morgan fingerprint density at radius 1 is 1.28 bits per heavy atom. The maximum absolute atomic E-state index is 10.1. The van der Waals surface area contributed by atoms with Crippen LogP contribution in [0.25, 0.3) is 0 Å². The molecule has 1 heterocycles. The maximum atomic E-state index is 10.1. The van der Waals surface area contributed by atoms with Crippen molar-refractivity contribution in [2.24, 2.45) is 0 Å². The van der Waals surface area contributed by atoms with Crippen molar-refractivity contribution in [2.45, 2.75) is 26.5 Å². The van der Waals surface area contributed by atoms with Gasteiger partial charge in [-0.2, -0.15) is 0 Å². The lowest BCUT2D eigenvalue weighted by Gasteiger charge is -2.14. The summed E-state index contributed by atoms with van der Waals surface area (Å²) in [6.07, 6.45) is 1.16. The molecular weight excluding hydrogens is 226 g/mol. The summed E-state index contributed by atoms with van der Waals surface area (Å²) in [4.78, 5) is 0. The molecule has 2 N–H and O–H groups in total. The summed E-state index contributed by atoms with van der Waals surface area (Å²) in [5.74, 6) is 0.878. The van der Waals surface area contributed by atoms with Crippen molar-refractivity contribution < 1.29 is 9.52 Å². The molecule has 2 aromatic rings. The summed E-state index contributed by atoms with van der Waals surface area (Å²) in [6.45, 7) is 5.23. The van der Waals surface area contributed by atoms with E-state index in [1.165, 1.54) is 5.56 Å². The van der Waals surface area contributed by atoms with Gasteiger partial charge in [0.1, 0.15) is 5.76 Å². The van der Waals surface area contributed by atoms with Gasteiger partial charge in [-0.3, -0.25) is 0 Å². The van der Waals surface area contributed by atoms with Gasteiger partial charge in [0.25, 0.3) is 0 Å². The standard InChI is InChI=1S/C15H19NO2/c1-11-5-6-14(12(2)8-11)15(17)10-16-9-13-4-3-7-18-13/h3-8,15-17H,9-10H2,1-2H3. The molecule has 0 saturated heterocycles. The molecule has 1 atom stereocenters. The van der Waals surface area contributed by atoms with E-state index in [2.05, 4.69) is 18.3 Å². The molecule has 3 heteroatoms. The Hall–Kier alpha value is -1.58. The van der Waals surface area contributed by atoms with E-state index in [-0.39, 0.29) is 0 Å². The minimum absolute atomic E-state index is 0.486. The van der Waals surface area contributed by atoms with Crippen molar-refractivity contribution >= 4 is 0 Å². The number of rotatable bonds is 5. The van der Waals surface area contributed by atoms with E-state index in [4.69, 9.17) is 4.42 Å². The molecule has 0 aliphatic heterocycles. The van der Waals surface area contributed by atoms with Gasteiger partial charge in [-0.05, 0) is 37.1 Å². The van der Waals surface area contributed by atoms with Gasteiger partial charge in [0.15, 0.2) is 0 Å². The van der Waals surface area contributed by atoms with E-state index >= 15 is 0 Å². The molecule has 0 aliphatic carbocycles. The molecule has 0 fully saturated rings. The first-order valence-corrected chi connectivity index (χ1v) is 6.15. The third-order valence-corrected chi connectivity index (χ3v) is 3.00. The number of aliphatic hydroxyl groups excluding tert-OH is 1. The summed E-state index contributed by atoms with van der Waals surface area (Å²) < 4.78 is 5.22. The number of nitrogens with one attached hydrogen (secondary N) is 1. The van der Waals surface area contributed by atoms with E-state index in [9.17, 15) is 5.11 Å². The van der Waals surface area contributed by atoms with Crippen molar-refractivity contribution in [1.82, 2.24) is 5.32 Å². The lowest BCUT2D eigenvalue weighted by Crippen LogP contribution is -2.21. The molecule has 1 aromatic heterocycles. The molecular formula is C15H19NO2. The van der Waals surface area contributed by atoms with Gasteiger partial charge in [0, 0.05) is 6.54 Å². The van der Waals surface area contributed by atoms with E-state index < -0.39 is 6.10 Å². The van der Waals surface area contributed by atoms with E-state index in [1.54, 1.807) is 6.26 Å². The van der Waals surface area contributed by atoms with Crippen molar-refractivity contribution in [3.8, 4) is 0 Å². The second kappa shape index (κ2) is 5.85. The zero-order valence-electron chi connectivity index (χ0n) is 10.8. The Morgan fingerprint density at radius 2 is 2.11 bits per heavy atom. The van der Waals surface area contributed by atoms with Crippen LogP contribution in [0.1, 0.15) is 28.6 Å². The molecule has 0 aliphatic rings. The molecule has 2 rings (SSSR count). The molecule has 0 saturated carbocycles. The number of hydrogen-bond acceptors (Lipinski definition) is 3. The van der Waals surface area contributed by atoms with Gasteiger partial charge in [-0.15, -0.1) is 0 Å². The fraction of sp³-hybridized carbons (Fsp3) is 0.333. The first-order chi connectivity index (χ1) is 8.66. The average molecular weight is 245 g/mol. The Labute approximate surface area is 107 Å². The zero-order valence-corrected chi connectivity index (χ0v) is 10.8. The minimum atomic E-state index is -0.486. The average Bonchev–Trinajstić information content (AvgIpc) is 2.81. The van der Waals surface area contributed by atoms with Crippen LogP contribution in [-0.2, 0) is 6.54 Å². The summed E-state index contributed by atoms with van der Waals surface area (Å²) >= 11 is 0. The third-order valence-electron chi connectivity index (χ3n) is 3.00. The van der Waals surface area contributed by atoms with Crippen molar-refractivity contribution in [2.75, 3.05) is 6.54 Å². The quantitative estimate of drug-likeness (QED) is 0.851. The van der Waals surface area contributed by atoms with Crippen LogP contribution < -0.4 is 5.32 Å². The second-order valence-electron chi connectivity index (χ2n) is 4.59. The van der Waals surface area contributed by atoms with Crippen LogP contribution in [0.15, 0.2) is 41.0 Å². The predicted octanol–water partition coefficient (Wildman–Crippen LogP) is 2.72. The summed E-state index contributed by atoms with van der Waals surface area (Å²) in [7, 11) is 0. The monoisotopic (exact) mass is 245 g/mol. The number of aryl methyl sites for hydroxylation is 2. The first-order valence-electron chi connectivity index (χ1n) is 6.15. The molecule has 3 nitrogen and oxygen atoms in total. The molecule has 0 amide bonds. The van der Waals surface area contributed by atoms with Crippen LogP contribution in [0.3, 0.4) is 0 Å². The smallest absolute Gasteiger partial charge is 0.117 e. The third kappa shape index (κ3) is 3.22. The zero-order chi connectivity index (χ0) is 13.0. The van der Waals surface area contributed by atoms with Gasteiger partial charge < -0.3 is 14.8 Å². The Bertz CT molecular complexity index is 491. The fourth-order valence-corrected chi connectivity index (χ4v) is 2.05. The summed E-state index contributed by atoms with van der Waals surface area (Å²) in [5.41, 5.74) is 3.32. The van der Waals surface area contributed by atoms with Gasteiger partial charge >= 0.3 is 0 Å². The second-order valence-corrected chi connectivity index (χ2v) is 4.59. The minimum Gasteiger partial charge on any atom is -0.468 e. The fourth-order valence-electron chi connectivity index (χ4n) is 2.05. The molecule has 0 bridgehead atoms. The lowest BCUT2D eigenvalue weighted by molar-refractivity contribution is 0.172. The Kier molecular flexibility index (Phi) is 4.18. The molecule has 96 valence electrons. The van der Waals surface area contributed by atoms with Crippen molar-refractivity contribution in [1.29, 1.82) is 0 Å². The SMILES string of the molecule is Cc1ccc(C(O)CNCc2ccco2)c(C)c1. The highest BCUT2D eigenvalue weighted by atomic mass is 16.3. The summed E-state index contributed by atoms with van der Waals surface area (Å²) in [5, 5.41) is 13.3. The maximum Gasteiger partial charge on any atom is 0.117 e. The highest BCUT2D eigenvalue weighted by Crippen LogP contribution is 2.18. The largest absolute Gasteiger partial charge is 0.468 e. The van der Waals surface area contributed by atoms with E-state index in [1.807, 2.05) is 31.2 Å². The summed E-state index contributed by atoms with van der Waals surface area (Å²) in [6, 6.07) is 9.88. The molecule has 1 unspecified atom stereocenters. The van der Waals surface area contributed by atoms with E-state index in [0.717, 1.165) is 16.9 Å². The van der Waals surface area contributed by atoms with Gasteiger partial charge in [0.05, 0.1) is 18.9 Å².